The van der Waals surface area contributed by atoms with Gasteiger partial charge in [-0.05, 0) is 29.7 Å². The fourth-order valence-electron chi connectivity index (χ4n) is 3.80. The van der Waals surface area contributed by atoms with Gasteiger partial charge in [0.15, 0.2) is 0 Å². The van der Waals surface area contributed by atoms with E-state index in [1.165, 1.54) is 10.8 Å². The highest BCUT2D eigenvalue weighted by atomic mass is 16.3. The highest BCUT2D eigenvalue weighted by molar-refractivity contribution is 5.83. The van der Waals surface area contributed by atoms with Crippen molar-refractivity contribution >= 4 is 16.7 Å². The Morgan fingerprint density at radius 1 is 1.23 bits per heavy atom. The van der Waals surface area contributed by atoms with Gasteiger partial charge in [-0.15, -0.1) is 0 Å². The molecular formula is C21H23N3O2. The number of likely N-dealkylation sites (tertiary alicyclic amines) is 1. The molecule has 1 aliphatic heterocycles. The summed E-state index contributed by atoms with van der Waals surface area (Å²) >= 11 is 0. The zero-order valence-electron chi connectivity index (χ0n) is 14.9. The molecule has 26 heavy (non-hydrogen) atoms. The molecule has 4 rings (SSSR count). The number of aliphatic hydroxyl groups is 1. The number of nitrogens with zero attached hydrogens (tertiary/aromatic N) is 3. The molecule has 1 saturated heterocycles. The number of β-amino-alcohol motifs (C(OH)–C–C–N with tert-alkyl or cyclic N) is 1. The second-order valence-corrected chi connectivity index (χ2v) is 7.01. The van der Waals surface area contributed by atoms with Crippen molar-refractivity contribution in [3.63, 3.8) is 0 Å². The Morgan fingerprint density at radius 2 is 2.04 bits per heavy atom. The maximum atomic E-state index is 12.5. The van der Waals surface area contributed by atoms with Crippen molar-refractivity contribution in [1.82, 2.24) is 14.5 Å². The summed E-state index contributed by atoms with van der Waals surface area (Å²) in [6.07, 6.45) is 3.74. The number of carbonyl (C=O) groups excluding carboxylic acids is 1. The number of rotatable bonds is 3. The predicted molar refractivity (Wildman–Crippen MR) is 101 cm³/mol. The van der Waals surface area contributed by atoms with Gasteiger partial charge in [0.2, 0.25) is 5.91 Å². The van der Waals surface area contributed by atoms with E-state index in [-0.39, 0.29) is 18.4 Å². The summed E-state index contributed by atoms with van der Waals surface area (Å²) in [5, 5.41) is 13.1. The molecule has 1 N–H and O–H groups in total. The molecule has 1 amide bonds. The number of aliphatic hydroxyl groups excluding tert-OH is 1. The highest BCUT2D eigenvalue weighted by Gasteiger charge is 2.31. The molecule has 5 nitrogen and oxygen atoms in total. The summed E-state index contributed by atoms with van der Waals surface area (Å²) in [4.78, 5) is 18.5. The number of aryl methyl sites for hydroxylation is 1. The summed E-state index contributed by atoms with van der Waals surface area (Å²) < 4.78 is 1.84. The molecule has 0 spiro atoms. The van der Waals surface area contributed by atoms with Crippen LogP contribution in [0.4, 0.5) is 0 Å². The Balaban J connectivity index is 1.45. The molecule has 134 valence electrons. The molecule has 1 fully saturated rings. The molecule has 5 heteroatoms. The lowest BCUT2D eigenvalue weighted by molar-refractivity contribution is -0.135. The monoisotopic (exact) mass is 349 g/mol. The topological polar surface area (TPSA) is 58.4 Å². The third-order valence-electron chi connectivity index (χ3n) is 5.37. The first-order valence-corrected chi connectivity index (χ1v) is 9.04. The molecule has 0 saturated carbocycles. The molecule has 0 radical (unpaired) electrons. The van der Waals surface area contributed by atoms with Crippen molar-refractivity contribution in [2.75, 3.05) is 13.1 Å². The minimum absolute atomic E-state index is 0.0297. The molecular weight excluding hydrogens is 326 g/mol. The van der Waals surface area contributed by atoms with Crippen LogP contribution in [0.5, 0.6) is 0 Å². The summed E-state index contributed by atoms with van der Waals surface area (Å²) in [5.74, 6) is 0.922. The normalized spacial score (nSPS) is 20.5. The van der Waals surface area contributed by atoms with Crippen molar-refractivity contribution in [3.05, 3.63) is 66.2 Å². The van der Waals surface area contributed by atoms with Gasteiger partial charge in [-0.1, -0.05) is 42.5 Å². The highest BCUT2D eigenvalue weighted by Crippen LogP contribution is 2.30. The zero-order chi connectivity index (χ0) is 18.1. The summed E-state index contributed by atoms with van der Waals surface area (Å²) in [6.45, 7) is 3.21. The first-order valence-electron chi connectivity index (χ1n) is 9.04. The number of aromatic nitrogens is 2. The quantitative estimate of drug-likeness (QED) is 0.791. The van der Waals surface area contributed by atoms with Gasteiger partial charge in [0.1, 0.15) is 12.4 Å². The van der Waals surface area contributed by atoms with Gasteiger partial charge >= 0.3 is 0 Å². The smallest absolute Gasteiger partial charge is 0.242 e. The van der Waals surface area contributed by atoms with Gasteiger partial charge < -0.3 is 14.6 Å². The third-order valence-corrected chi connectivity index (χ3v) is 5.37. The lowest BCUT2D eigenvalue weighted by atomic mass is 9.86. The number of hydrogen-bond acceptors (Lipinski definition) is 3. The second-order valence-electron chi connectivity index (χ2n) is 7.01. The van der Waals surface area contributed by atoms with E-state index < -0.39 is 6.10 Å². The predicted octanol–water partition coefficient (Wildman–Crippen LogP) is 2.72. The van der Waals surface area contributed by atoms with Crippen molar-refractivity contribution < 1.29 is 9.90 Å². The maximum Gasteiger partial charge on any atom is 0.242 e. The minimum atomic E-state index is -0.544. The zero-order valence-corrected chi connectivity index (χ0v) is 14.9. The van der Waals surface area contributed by atoms with E-state index >= 15 is 0 Å². The molecule has 2 heterocycles. The minimum Gasteiger partial charge on any atom is -0.391 e. The first kappa shape index (κ1) is 16.8. The van der Waals surface area contributed by atoms with E-state index in [1.54, 1.807) is 11.1 Å². The number of piperidine rings is 1. The Kier molecular flexibility index (Phi) is 4.47. The summed E-state index contributed by atoms with van der Waals surface area (Å²) in [5.41, 5.74) is 1.15. The fourth-order valence-corrected chi connectivity index (χ4v) is 3.80. The fraction of sp³-hybridized carbons (Fsp3) is 0.333. The van der Waals surface area contributed by atoms with Crippen LogP contribution in [-0.2, 0) is 11.3 Å². The molecule has 3 aromatic rings. The van der Waals surface area contributed by atoms with Crippen LogP contribution in [0.25, 0.3) is 10.8 Å². The van der Waals surface area contributed by atoms with Crippen molar-refractivity contribution in [2.24, 2.45) is 0 Å². The van der Waals surface area contributed by atoms with Crippen molar-refractivity contribution in [2.45, 2.75) is 31.9 Å². The number of imidazole rings is 1. The number of amides is 1. The standard InChI is InChI=1S/C21H23N3O2/c1-15-22-9-11-23(15)14-21(26)24-10-8-19(20(25)13-24)18-7-6-16-4-2-3-5-17(16)12-18/h2-7,9,11-12,19-20,25H,8,10,13-14H2,1H3/t19-,20+/m0/s1. The summed E-state index contributed by atoms with van der Waals surface area (Å²) in [7, 11) is 0. The van der Waals surface area contributed by atoms with Crippen LogP contribution < -0.4 is 0 Å². The van der Waals surface area contributed by atoms with Crippen LogP contribution in [0.3, 0.4) is 0 Å². The number of carbonyl (C=O) groups is 1. The van der Waals surface area contributed by atoms with Crippen LogP contribution in [-0.4, -0.2) is 44.7 Å². The number of fused-ring (bicyclic) bond motifs is 1. The first-order chi connectivity index (χ1) is 12.6. The summed E-state index contributed by atoms with van der Waals surface area (Å²) in [6, 6.07) is 14.6. The molecule has 0 bridgehead atoms. The number of benzene rings is 2. The van der Waals surface area contributed by atoms with E-state index in [4.69, 9.17) is 0 Å². The van der Waals surface area contributed by atoms with E-state index in [0.29, 0.717) is 13.1 Å². The molecule has 1 aromatic heterocycles. The van der Waals surface area contributed by atoms with Gasteiger partial charge in [0.05, 0.1) is 6.10 Å². The van der Waals surface area contributed by atoms with Crippen LogP contribution in [0.2, 0.25) is 0 Å². The lowest BCUT2D eigenvalue weighted by Gasteiger charge is -2.36. The van der Waals surface area contributed by atoms with Gasteiger partial charge in [0.25, 0.3) is 0 Å². The van der Waals surface area contributed by atoms with Gasteiger partial charge in [-0.3, -0.25) is 4.79 Å². The molecule has 2 atom stereocenters. The average molecular weight is 349 g/mol. The largest absolute Gasteiger partial charge is 0.391 e. The van der Waals surface area contributed by atoms with Gasteiger partial charge in [-0.2, -0.15) is 0 Å². The van der Waals surface area contributed by atoms with Gasteiger partial charge in [-0.25, -0.2) is 4.98 Å². The van der Waals surface area contributed by atoms with Crippen molar-refractivity contribution in [3.8, 4) is 0 Å². The Bertz CT molecular complexity index is 934. The van der Waals surface area contributed by atoms with Crippen LogP contribution in [0.1, 0.15) is 23.7 Å². The van der Waals surface area contributed by atoms with Gasteiger partial charge in [0, 0.05) is 31.4 Å². The lowest BCUT2D eigenvalue weighted by Crippen LogP contribution is -2.46. The third kappa shape index (κ3) is 3.22. The average Bonchev–Trinajstić information content (AvgIpc) is 3.06. The van der Waals surface area contributed by atoms with E-state index in [1.807, 2.05) is 29.8 Å². The second kappa shape index (κ2) is 6.92. The van der Waals surface area contributed by atoms with E-state index in [9.17, 15) is 9.90 Å². The number of hydrogen-bond donors (Lipinski definition) is 1. The van der Waals surface area contributed by atoms with E-state index in [2.05, 4.69) is 35.3 Å². The Hall–Kier alpha value is -2.66. The molecule has 0 unspecified atom stereocenters. The van der Waals surface area contributed by atoms with E-state index in [0.717, 1.165) is 17.8 Å². The van der Waals surface area contributed by atoms with Crippen LogP contribution in [0.15, 0.2) is 54.9 Å². The van der Waals surface area contributed by atoms with Crippen LogP contribution in [0, 0.1) is 6.92 Å². The SMILES string of the molecule is Cc1nccn1CC(=O)N1CC[C@@H](c2ccc3ccccc3c2)[C@H](O)C1. The Morgan fingerprint density at radius 3 is 2.77 bits per heavy atom. The Labute approximate surface area is 152 Å². The molecule has 1 aliphatic rings. The van der Waals surface area contributed by atoms with Crippen molar-refractivity contribution in [1.29, 1.82) is 0 Å². The maximum absolute atomic E-state index is 12.5. The van der Waals surface area contributed by atoms with Crippen LogP contribution >= 0.6 is 0 Å². The molecule has 0 aliphatic carbocycles. The molecule has 2 aromatic carbocycles.